The second-order valence-corrected chi connectivity index (χ2v) is 4.22. The number of carboxylic acid groups (broad SMARTS) is 1. The molecular formula is C12H16N2O3. The number of aromatic nitrogens is 2. The van der Waals surface area contributed by atoms with Gasteiger partial charge in [0.05, 0.1) is 6.20 Å². The van der Waals surface area contributed by atoms with Crippen molar-refractivity contribution in [3.63, 3.8) is 0 Å². The minimum atomic E-state index is -0.942. The van der Waals surface area contributed by atoms with Gasteiger partial charge in [-0.25, -0.2) is 4.79 Å². The molecule has 1 aliphatic heterocycles. The molecule has 5 heteroatoms. The summed E-state index contributed by atoms with van der Waals surface area (Å²) in [6.45, 7) is 2.54. The van der Waals surface area contributed by atoms with E-state index in [-0.39, 0.29) is 0 Å². The Labute approximate surface area is 99.7 Å². The maximum atomic E-state index is 10.4. The van der Waals surface area contributed by atoms with Crippen LogP contribution in [0.5, 0.6) is 0 Å². The molecule has 0 aliphatic carbocycles. The molecule has 5 nitrogen and oxygen atoms in total. The predicted octanol–water partition coefficient (Wildman–Crippen LogP) is 1.41. The lowest BCUT2D eigenvalue weighted by atomic mass is 10.0. The third-order valence-corrected chi connectivity index (χ3v) is 2.86. The molecule has 1 saturated heterocycles. The SMILES string of the molecule is O=C(O)/C=C/c1cnn(CC2CCOCC2)c1. The van der Waals surface area contributed by atoms with E-state index >= 15 is 0 Å². The molecule has 1 aromatic heterocycles. The Hall–Kier alpha value is -1.62. The summed E-state index contributed by atoms with van der Waals surface area (Å²) in [5.41, 5.74) is 0.819. The van der Waals surface area contributed by atoms with Gasteiger partial charge in [0, 0.05) is 37.6 Å². The quantitative estimate of drug-likeness (QED) is 0.803. The van der Waals surface area contributed by atoms with Crippen molar-refractivity contribution in [1.29, 1.82) is 0 Å². The highest BCUT2D eigenvalue weighted by Crippen LogP contribution is 2.16. The molecule has 0 atom stereocenters. The predicted molar refractivity (Wildman–Crippen MR) is 62.4 cm³/mol. The van der Waals surface area contributed by atoms with Crippen LogP contribution in [0, 0.1) is 5.92 Å². The first-order valence-corrected chi connectivity index (χ1v) is 5.75. The zero-order valence-electron chi connectivity index (χ0n) is 9.58. The first-order valence-electron chi connectivity index (χ1n) is 5.75. The van der Waals surface area contributed by atoms with E-state index in [0.717, 1.165) is 44.2 Å². The molecule has 1 fully saturated rings. The number of nitrogens with zero attached hydrogens (tertiary/aromatic N) is 2. The molecule has 0 spiro atoms. The second-order valence-electron chi connectivity index (χ2n) is 4.22. The van der Waals surface area contributed by atoms with Crippen LogP contribution in [0.2, 0.25) is 0 Å². The fourth-order valence-electron chi connectivity index (χ4n) is 1.93. The van der Waals surface area contributed by atoms with E-state index in [1.807, 2.05) is 10.9 Å². The summed E-state index contributed by atoms with van der Waals surface area (Å²) in [6, 6.07) is 0. The van der Waals surface area contributed by atoms with Gasteiger partial charge < -0.3 is 9.84 Å². The molecule has 0 saturated carbocycles. The van der Waals surface area contributed by atoms with Crippen molar-refractivity contribution in [2.24, 2.45) is 5.92 Å². The van der Waals surface area contributed by atoms with Crippen LogP contribution in [0.1, 0.15) is 18.4 Å². The van der Waals surface area contributed by atoms with Gasteiger partial charge in [-0.2, -0.15) is 5.10 Å². The van der Waals surface area contributed by atoms with Crippen LogP contribution in [0.4, 0.5) is 0 Å². The van der Waals surface area contributed by atoms with Crippen LogP contribution in [0.3, 0.4) is 0 Å². The minimum Gasteiger partial charge on any atom is -0.478 e. The lowest BCUT2D eigenvalue weighted by Gasteiger charge is -2.21. The van der Waals surface area contributed by atoms with Gasteiger partial charge in [0.2, 0.25) is 0 Å². The van der Waals surface area contributed by atoms with Crippen molar-refractivity contribution in [3.05, 3.63) is 24.0 Å². The van der Waals surface area contributed by atoms with Crippen LogP contribution >= 0.6 is 0 Å². The van der Waals surface area contributed by atoms with Gasteiger partial charge in [0.25, 0.3) is 0 Å². The topological polar surface area (TPSA) is 64.3 Å². The van der Waals surface area contributed by atoms with Gasteiger partial charge in [0.1, 0.15) is 0 Å². The van der Waals surface area contributed by atoms with E-state index in [0.29, 0.717) is 5.92 Å². The van der Waals surface area contributed by atoms with E-state index in [1.165, 1.54) is 0 Å². The highest BCUT2D eigenvalue weighted by atomic mass is 16.5. The van der Waals surface area contributed by atoms with E-state index in [2.05, 4.69) is 5.10 Å². The molecule has 0 bridgehead atoms. The Morgan fingerprint density at radius 3 is 3.06 bits per heavy atom. The van der Waals surface area contributed by atoms with E-state index in [1.54, 1.807) is 12.3 Å². The maximum Gasteiger partial charge on any atom is 0.328 e. The third kappa shape index (κ3) is 3.71. The van der Waals surface area contributed by atoms with Crippen molar-refractivity contribution in [3.8, 4) is 0 Å². The number of aliphatic carboxylic acids is 1. The average Bonchev–Trinajstić information content (AvgIpc) is 2.75. The highest BCUT2D eigenvalue weighted by molar-refractivity contribution is 5.85. The van der Waals surface area contributed by atoms with E-state index in [4.69, 9.17) is 9.84 Å². The lowest BCUT2D eigenvalue weighted by molar-refractivity contribution is -0.131. The van der Waals surface area contributed by atoms with Gasteiger partial charge >= 0.3 is 5.97 Å². The Bertz CT molecular complexity index is 406. The molecule has 1 aromatic rings. The molecule has 0 amide bonds. The molecule has 1 aliphatic rings. The maximum absolute atomic E-state index is 10.4. The van der Waals surface area contributed by atoms with Crippen molar-refractivity contribution in [2.75, 3.05) is 13.2 Å². The van der Waals surface area contributed by atoms with Gasteiger partial charge in [-0.05, 0) is 24.8 Å². The third-order valence-electron chi connectivity index (χ3n) is 2.86. The van der Waals surface area contributed by atoms with Crippen LogP contribution in [-0.2, 0) is 16.1 Å². The number of hydrogen-bond donors (Lipinski definition) is 1. The van der Waals surface area contributed by atoms with Gasteiger partial charge in [-0.3, -0.25) is 4.68 Å². The normalized spacial score (nSPS) is 17.6. The first-order chi connectivity index (χ1) is 8.24. The minimum absolute atomic E-state index is 0.611. The summed E-state index contributed by atoms with van der Waals surface area (Å²) < 4.78 is 7.17. The van der Waals surface area contributed by atoms with Crippen molar-refractivity contribution in [2.45, 2.75) is 19.4 Å². The first kappa shape index (κ1) is 11.9. The van der Waals surface area contributed by atoms with Gasteiger partial charge in [0.15, 0.2) is 0 Å². The monoisotopic (exact) mass is 236 g/mol. The average molecular weight is 236 g/mol. The van der Waals surface area contributed by atoms with E-state index < -0.39 is 5.97 Å². The van der Waals surface area contributed by atoms with Crippen molar-refractivity contribution >= 4 is 12.0 Å². The smallest absolute Gasteiger partial charge is 0.328 e. The second kappa shape index (κ2) is 5.63. The molecular weight excluding hydrogens is 220 g/mol. The number of carboxylic acids is 1. The molecule has 0 aromatic carbocycles. The van der Waals surface area contributed by atoms with Crippen molar-refractivity contribution < 1.29 is 14.6 Å². The molecule has 0 radical (unpaired) electrons. The standard InChI is InChI=1S/C12H16N2O3/c15-12(16)2-1-11-7-13-14(9-11)8-10-3-5-17-6-4-10/h1-2,7,9-10H,3-6,8H2,(H,15,16)/b2-1+. The Kier molecular flexibility index (Phi) is 3.93. The molecule has 92 valence electrons. The van der Waals surface area contributed by atoms with Gasteiger partial charge in [-0.15, -0.1) is 0 Å². The largest absolute Gasteiger partial charge is 0.478 e. The van der Waals surface area contributed by atoms with Crippen molar-refractivity contribution in [1.82, 2.24) is 9.78 Å². The summed E-state index contributed by atoms with van der Waals surface area (Å²) in [6.07, 6.45) is 8.36. The molecule has 2 heterocycles. The zero-order valence-corrected chi connectivity index (χ0v) is 9.58. The molecule has 0 unspecified atom stereocenters. The zero-order chi connectivity index (χ0) is 12.1. The lowest BCUT2D eigenvalue weighted by Crippen LogP contribution is -2.20. The number of hydrogen-bond acceptors (Lipinski definition) is 3. The fourth-order valence-corrected chi connectivity index (χ4v) is 1.93. The summed E-state index contributed by atoms with van der Waals surface area (Å²) in [5.74, 6) is -0.331. The van der Waals surface area contributed by atoms with Crippen LogP contribution < -0.4 is 0 Å². The fraction of sp³-hybridized carbons (Fsp3) is 0.500. The summed E-state index contributed by atoms with van der Waals surface area (Å²) in [7, 11) is 0. The highest BCUT2D eigenvalue weighted by Gasteiger charge is 2.14. The number of carbonyl (C=O) groups is 1. The Balaban J connectivity index is 1.91. The Morgan fingerprint density at radius 1 is 1.59 bits per heavy atom. The van der Waals surface area contributed by atoms with Crippen LogP contribution in [0.25, 0.3) is 6.08 Å². The van der Waals surface area contributed by atoms with Gasteiger partial charge in [-0.1, -0.05) is 0 Å². The summed E-state index contributed by atoms with van der Waals surface area (Å²) in [4.78, 5) is 10.4. The summed E-state index contributed by atoms with van der Waals surface area (Å²) in [5, 5.41) is 12.7. The molecule has 1 N–H and O–H groups in total. The number of rotatable bonds is 4. The summed E-state index contributed by atoms with van der Waals surface area (Å²) >= 11 is 0. The molecule has 17 heavy (non-hydrogen) atoms. The Morgan fingerprint density at radius 2 is 2.35 bits per heavy atom. The van der Waals surface area contributed by atoms with Crippen LogP contribution in [0.15, 0.2) is 18.5 Å². The van der Waals surface area contributed by atoms with E-state index in [9.17, 15) is 4.79 Å². The molecule has 2 rings (SSSR count). The van der Waals surface area contributed by atoms with Crippen LogP contribution in [-0.4, -0.2) is 34.1 Å². The number of ether oxygens (including phenoxy) is 1.